The van der Waals surface area contributed by atoms with E-state index in [4.69, 9.17) is 4.74 Å². The van der Waals surface area contributed by atoms with Crippen molar-refractivity contribution in [1.29, 1.82) is 0 Å². The largest absolute Gasteiger partial charge is 0.443 e. The number of carbonyl (C=O) groups excluding carboxylic acids is 2. The Morgan fingerprint density at radius 2 is 2.04 bits per heavy atom. The van der Waals surface area contributed by atoms with Crippen LogP contribution in [0.1, 0.15) is 43.1 Å². The number of amides is 1. The predicted octanol–water partition coefficient (Wildman–Crippen LogP) is 3.57. The summed E-state index contributed by atoms with van der Waals surface area (Å²) >= 11 is 0. The molecule has 23 heavy (non-hydrogen) atoms. The quantitative estimate of drug-likeness (QED) is 0.735. The number of hydrogen-bond donors (Lipinski definition) is 0. The van der Waals surface area contributed by atoms with Crippen molar-refractivity contribution >= 4 is 11.9 Å². The minimum absolute atomic E-state index is 0.157. The molecular weight excluding hydrogens is 297 g/mol. The molecule has 0 N–H and O–H groups in total. The van der Waals surface area contributed by atoms with Crippen LogP contribution in [0.5, 0.6) is 0 Å². The molecule has 0 bridgehead atoms. The topological polar surface area (TPSA) is 46.6 Å². The Hall–Kier alpha value is -2.17. The molecule has 4 rings (SSSR count). The van der Waals surface area contributed by atoms with Crippen LogP contribution >= 0.6 is 0 Å². The molecular formula is C18H18FNO3. The summed E-state index contributed by atoms with van der Waals surface area (Å²) in [5.74, 6) is -1.29. The summed E-state index contributed by atoms with van der Waals surface area (Å²) in [6, 6.07) is 7.13. The average molecular weight is 315 g/mol. The van der Waals surface area contributed by atoms with E-state index in [1.165, 1.54) is 4.90 Å². The molecule has 2 atom stereocenters. The molecule has 1 saturated heterocycles. The van der Waals surface area contributed by atoms with Crippen molar-refractivity contribution in [2.45, 2.75) is 38.2 Å². The van der Waals surface area contributed by atoms with Crippen LogP contribution in [0.15, 0.2) is 35.8 Å². The van der Waals surface area contributed by atoms with Crippen LogP contribution in [-0.2, 0) is 10.2 Å². The highest BCUT2D eigenvalue weighted by molar-refractivity contribution is 6.11. The molecule has 1 aromatic carbocycles. The van der Waals surface area contributed by atoms with Crippen molar-refractivity contribution in [3.8, 4) is 0 Å². The molecule has 1 aliphatic heterocycles. The van der Waals surface area contributed by atoms with Crippen LogP contribution in [0.25, 0.3) is 0 Å². The number of fused-ring (bicyclic) bond motifs is 1. The maximum Gasteiger partial charge on any atom is 0.414 e. The number of likely N-dealkylation sites (tertiary alicyclic amines) is 1. The normalized spacial score (nSPS) is 28.3. The van der Waals surface area contributed by atoms with E-state index in [0.29, 0.717) is 12.1 Å². The molecule has 1 amide bonds. The van der Waals surface area contributed by atoms with Crippen LogP contribution in [0, 0.1) is 5.92 Å². The molecule has 4 nitrogen and oxygen atoms in total. The first kappa shape index (κ1) is 14.4. The molecule has 1 saturated carbocycles. The van der Waals surface area contributed by atoms with Crippen LogP contribution < -0.4 is 0 Å². The molecule has 2 fully saturated rings. The van der Waals surface area contributed by atoms with E-state index in [1.54, 1.807) is 32.9 Å². The molecule has 120 valence electrons. The smallest absolute Gasteiger partial charge is 0.414 e. The van der Waals surface area contributed by atoms with E-state index in [0.717, 1.165) is 12.0 Å². The van der Waals surface area contributed by atoms with Gasteiger partial charge in [0.15, 0.2) is 5.83 Å². The number of nitrogens with zero attached hydrogens (tertiary/aromatic N) is 1. The summed E-state index contributed by atoms with van der Waals surface area (Å²) in [4.78, 5) is 26.1. The van der Waals surface area contributed by atoms with E-state index in [9.17, 15) is 14.0 Å². The second-order valence-electron chi connectivity index (χ2n) is 7.50. The van der Waals surface area contributed by atoms with Gasteiger partial charge in [-0.1, -0.05) is 24.3 Å². The number of hydrogen-bond acceptors (Lipinski definition) is 3. The van der Waals surface area contributed by atoms with Crippen LogP contribution in [0.3, 0.4) is 0 Å². The second kappa shape index (κ2) is 4.22. The molecule has 0 radical (unpaired) electrons. The van der Waals surface area contributed by atoms with E-state index < -0.39 is 28.7 Å². The Labute approximate surface area is 133 Å². The Kier molecular flexibility index (Phi) is 2.64. The Balaban J connectivity index is 1.80. The molecule has 5 heteroatoms. The lowest BCUT2D eigenvalue weighted by atomic mass is 9.81. The van der Waals surface area contributed by atoms with Crippen LogP contribution in [-0.4, -0.2) is 28.9 Å². The zero-order chi connectivity index (χ0) is 16.6. The summed E-state index contributed by atoms with van der Waals surface area (Å²) in [6.45, 7) is 5.70. The maximum absolute atomic E-state index is 14.8. The summed E-state index contributed by atoms with van der Waals surface area (Å²) in [5.41, 5.74) is 0.288. The first-order valence-electron chi connectivity index (χ1n) is 7.80. The second-order valence-corrected chi connectivity index (χ2v) is 7.50. The lowest BCUT2D eigenvalue weighted by Crippen LogP contribution is -2.38. The molecule has 0 aromatic heterocycles. The highest BCUT2D eigenvalue weighted by atomic mass is 19.1. The number of allylic oxidation sites excluding steroid dienone is 2. The Morgan fingerprint density at radius 3 is 2.74 bits per heavy atom. The van der Waals surface area contributed by atoms with Gasteiger partial charge in [0, 0.05) is 17.5 Å². The van der Waals surface area contributed by atoms with Gasteiger partial charge in [-0.05, 0) is 38.7 Å². The summed E-state index contributed by atoms with van der Waals surface area (Å²) in [5, 5.41) is 0. The number of rotatable bonds is 0. The van der Waals surface area contributed by atoms with Gasteiger partial charge in [-0.2, -0.15) is 0 Å². The fourth-order valence-electron chi connectivity index (χ4n) is 3.94. The molecule has 3 aliphatic rings. The van der Waals surface area contributed by atoms with Gasteiger partial charge in [0.2, 0.25) is 5.78 Å². The molecule has 1 heterocycles. The Bertz CT molecular complexity index is 777. The first-order valence-corrected chi connectivity index (χ1v) is 7.80. The van der Waals surface area contributed by atoms with E-state index in [-0.39, 0.29) is 11.6 Å². The fraction of sp³-hybridized carbons (Fsp3) is 0.444. The number of ketones is 1. The van der Waals surface area contributed by atoms with Gasteiger partial charge in [-0.25, -0.2) is 9.18 Å². The van der Waals surface area contributed by atoms with Gasteiger partial charge in [0.1, 0.15) is 5.60 Å². The standard InChI is InChI=1S/C18H18FNO3/c1-17(2,3)23-16(22)20-9-10-8-18(10)12-7-5-4-6-11(12)14(21)13(19)15(18)20/h4-7,10H,8-9H2,1-3H3/t10-,18-/m1/s1. The number of carbonyl (C=O) groups is 2. The minimum Gasteiger partial charge on any atom is -0.443 e. The lowest BCUT2D eigenvalue weighted by Gasteiger charge is -2.31. The van der Waals surface area contributed by atoms with Crippen molar-refractivity contribution in [2.24, 2.45) is 5.92 Å². The van der Waals surface area contributed by atoms with Crippen molar-refractivity contribution in [2.75, 3.05) is 6.54 Å². The summed E-state index contributed by atoms with van der Waals surface area (Å²) in [7, 11) is 0. The highest BCUT2D eigenvalue weighted by Crippen LogP contribution is 2.67. The van der Waals surface area contributed by atoms with Crippen molar-refractivity contribution in [3.05, 3.63) is 46.9 Å². The van der Waals surface area contributed by atoms with Crippen molar-refractivity contribution in [1.82, 2.24) is 4.90 Å². The van der Waals surface area contributed by atoms with Gasteiger partial charge in [-0.3, -0.25) is 9.69 Å². The zero-order valence-corrected chi connectivity index (χ0v) is 13.4. The third kappa shape index (κ3) is 1.82. The number of benzene rings is 1. The van der Waals surface area contributed by atoms with E-state index in [2.05, 4.69) is 0 Å². The lowest BCUT2D eigenvalue weighted by molar-refractivity contribution is 0.0317. The number of ether oxygens (including phenoxy) is 1. The Morgan fingerprint density at radius 1 is 1.35 bits per heavy atom. The zero-order valence-electron chi connectivity index (χ0n) is 13.4. The van der Waals surface area contributed by atoms with Gasteiger partial charge < -0.3 is 4.74 Å². The predicted molar refractivity (Wildman–Crippen MR) is 81.6 cm³/mol. The number of halogens is 1. The van der Waals surface area contributed by atoms with Gasteiger partial charge in [-0.15, -0.1) is 0 Å². The van der Waals surface area contributed by atoms with E-state index in [1.807, 2.05) is 12.1 Å². The fourth-order valence-corrected chi connectivity index (χ4v) is 3.94. The monoisotopic (exact) mass is 315 g/mol. The van der Waals surface area contributed by atoms with E-state index >= 15 is 0 Å². The number of piperidine rings is 1. The summed E-state index contributed by atoms with van der Waals surface area (Å²) in [6.07, 6.45) is 0.195. The third-order valence-electron chi connectivity index (χ3n) is 4.87. The molecule has 1 aromatic rings. The maximum atomic E-state index is 14.8. The van der Waals surface area contributed by atoms with Gasteiger partial charge in [0.25, 0.3) is 0 Å². The summed E-state index contributed by atoms with van der Waals surface area (Å²) < 4.78 is 20.2. The van der Waals surface area contributed by atoms with Crippen LogP contribution in [0.4, 0.5) is 9.18 Å². The van der Waals surface area contributed by atoms with Crippen molar-refractivity contribution < 1.29 is 18.7 Å². The van der Waals surface area contributed by atoms with Gasteiger partial charge >= 0.3 is 6.09 Å². The third-order valence-corrected chi connectivity index (χ3v) is 4.87. The first-order chi connectivity index (χ1) is 10.8. The SMILES string of the molecule is CC(C)(C)OC(=O)N1C[C@H]2C[C@@]23C1=C(F)C(=O)c1ccccc13. The van der Waals surface area contributed by atoms with Crippen molar-refractivity contribution in [3.63, 3.8) is 0 Å². The molecule has 0 unspecified atom stereocenters. The minimum atomic E-state index is -0.811. The highest BCUT2D eigenvalue weighted by Gasteiger charge is 2.69. The molecule has 1 spiro atoms. The van der Waals surface area contributed by atoms with Crippen LogP contribution in [0.2, 0.25) is 0 Å². The molecule has 2 aliphatic carbocycles. The average Bonchev–Trinajstić information content (AvgIpc) is 3.08. The van der Waals surface area contributed by atoms with Gasteiger partial charge in [0.05, 0.1) is 5.70 Å². The number of Topliss-reactive ketones (excluding diaryl/α,β-unsaturated/α-hetero) is 1.